The molecule has 0 saturated carbocycles. The molecular formula is C12H21N3O2. The molecule has 1 aliphatic heterocycles. The van der Waals surface area contributed by atoms with Crippen LogP contribution in [0.25, 0.3) is 0 Å². The van der Waals surface area contributed by atoms with Crippen LogP contribution in [0.4, 0.5) is 0 Å². The average Bonchev–Trinajstić information content (AvgIpc) is 2.83. The van der Waals surface area contributed by atoms with Crippen molar-refractivity contribution < 1.29 is 9.15 Å². The van der Waals surface area contributed by atoms with Gasteiger partial charge in [0, 0.05) is 26.0 Å². The van der Waals surface area contributed by atoms with Crippen molar-refractivity contribution in [1.82, 2.24) is 15.5 Å². The van der Waals surface area contributed by atoms with E-state index in [0.29, 0.717) is 6.10 Å². The molecule has 5 heteroatoms. The van der Waals surface area contributed by atoms with Crippen molar-refractivity contribution in [2.75, 3.05) is 20.2 Å². The SMILES string of the molecule is CNCCc1nnc(CCC2CCCCO2)o1. The minimum atomic E-state index is 0.386. The second kappa shape index (κ2) is 6.71. The Bertz CT molecular complexity index is 321. The van der Waals surface area contributed by atoms with Gasteiger partial charge < -0.3 is 14.5 Å². The lowest BCUT2D eigenvalue weighted by Crippen LogP contribution is -2.19. The fourth-order valence-corrected chi connectivity index (χ4v) is 2.04. The molecule has 2 heterocycles. The zero-order chi connectivity index (χ0) is 11.9. The Labute approximate surface area is 102 Å². The second-order valence-electron chi connectivity index (χ2n) is 4.47. The average molecular weight is 239 g/mol. The highest BCUT2D eigenvalue weighted by molar-refractivity contribution is 4.84. The lowest BCUT2D eigenvalue weighted by atomic mass is 10.0. The minimum absolute atomic E-state index is 0.386. The Morgan fingerprint density at radius 1 is 1.24 bits per heavy atom. The number of likely N-dealkylation sites (N-methyl/N-ethyl adjacent to an activating group) is 1. The normalized spacial score (nSPS) is 20.6. The fourth-order valence-electron chi connectivity index (χ4n) is 2.04. The van der Waals surface area contributed by atoms with Crippen molar-refractivity contribution in [3.05, 3.63) is 11.8 Å². The van der Waals surface area contributed by atoms with Gasteiger partial charge in [-0.05, 0) is 32.7 Å². The van der Waals surface area contributed by atoms with Crippen LogP contribution in [-0.4, -0.2) is 36.5 Å². The van der Waals surface area contributed by atoms with Crippen LogP contribution in [0.1, 0.15) is 37.5 Å². The number of hydrogen-bond donors (Lipinski definition) is 1. The van der Waals surface area contributed by atoms with Gasteiger partial charge in [0.1, 0.15) is 0 Å². The first-order valence-electron chi connectivity index (χ1n) is 6.46. The molecule has 0 spiro atoms. The third kappa shape index (κ3) is 4.09. The summed E-state index contributed by atoms with van der Waals surface area (Å²) in [4.78, 5) is 0. The molecule has 1 unspecified atom stereocenters. The predicted molar refractivity (Wildman–Crippen MR) is 63.8 cm³/mol. The number of nitrogens with one attached hydrogen (secondary N) is 1. The summed E-state index contributed by atoms with van der Waals surface area (Å²) >= 11 is 0. The first kappa shape index (κ1) is 12.5. The Hall–Kier alpha value is -0.940. The number of ether oxygens (including phenoxy) is 1. The molecule has 5 nitrogen and oxygen atoms in total. The Morgan fingerprint density at radius 2 is 2.06 bits per heavy atom. The van der Waals surface area contributed by atoms with E-state index in [9.17, 15) is 0 Å². The monoisotopic (exact) mass is 239 g/mol. The lowest BCUT2D eigenvalue weighted by molar-refractivity contribution is 0.0105. The number of aromatic nitrogens is 2. The highest BCUT2D eigenvalue weighted by atomic mass is 16.5. The molecule has 1 aromatic rings. The summed E-state index contributed by atoms with van der Waals surface area (Å²) in [6, 6.07) is 0. The largest absolute Gasteiger partial charge is 0.425 e. The molecule has 0 aromatic carbocycles. The first-order chi connectivity index (χ1) is 8.38. The van der Waals surface area contributed by atoms with Crippen molar-refractivity contribution in [3.8, 4) is 0 Å². The van der Waals surface area contributed by atoms with E-state index >= 15 is 0 Å². The van der Waals surface area contributed by atoms with E-state index in [-0.39, 0.29) is 0 Å². The predicted octanol–water partition coefficient (Wildman–Crippen LogP) is 1.33. The second-order valence-corrected chi connectivity index (χ2v) is 4.47. The highest BCUT2D eigenvalue weighted by Crippen LogP contribution is 2.17. The summed E-state index contributed by atoms with van der Waals surface area (Å²) in [5, 5.41) is 11.1. The van der Waals surface area contributed by atoms with Crippen molar-refractivity contribution >= 4 is 0 Å². The Kier molecular flexibility index (Phi) is 4.94. The van der Waals surface area contributed by atoms with Crippen LogP contribution in [0.2, 0.25) is 0 Å². The third-order valence-corrected chi connectivity index (χ3v) is 3.05. The van der Waals surface area contributed by atoms with Crippen LogP contribution in [0.3, 0.4) is 0 Å². The maximum absolute atomic E-state index is 5.67. The molecule has 0 amide bonds. The van der Waals surface area contributed by atoms with E-state index in [1.807, 2.05) is 7.05 Å². The quantitative estimate of drug-likeness (QED) is 0.811. The van der Waals surface area contributed by atoms with Crippen LogP contribution in [0, 0.1) is 0 Å². The van der Waals surface area contributed by atoms with Crippen molar-refractivity contribution in [1.29, 1.82) is 0 Å². The molecule has 0 bridgehead atoms. The van der Waals surface area contributed by atoms with E-state index in [1.54, 1.807) is 0 Å². The Balaban J connectivity index is 1.72. The summed E-state index contributed by atoms with van der Waals surface area (Å²) in [7, 11) is 1.91. The van der Waals surface area contributed by atoms with Gasteiger partial charge in [0.2, 0.25) is 11.8 Å². The van der Waals surface area contributed by atoms with Gasteiger partial charge in [-0.1, -0.05) is 0 Å². The van der Waals surface area contributed by atoms with Gasteiger partial charge in [0.05, 0.1) is 6.10 Å². The lowest BCUT2D eigenvalue weighted by Gasteiger charge is -2.21. The van der Waals surface area contributed by atoms with Crippen LogP contribution in [-0.2, 0) is 17.6 Å². The molecule has 1 aliphatic rings. The van der Waals surface area contributed by atoms with Gasteiger partial charge in [-0.2, -0.15) is 0 Å². The van der Waals surface area contributed by atoms with Crippen LogP contribution in [0.15, 0.2) is 4.42 Å². The number of rotatable bonds is 6. The van der Waals surface area contributed by atoms with Crippen LogP contribution >= 0.6 is 0 Å². The van der Waals surface area contributed by atoms with Gasteiger partial charge in [-0.25, -0.2) is 0 Å². The van der Waals surface area contributed by atoms with E-state index in [1.165, 1.54) is 19.3 Å². The zero-order valence-corrected chi connectivity index (χ0v) is 10.4. The first-order valence-corrected chi connectivity index (χ1v) is 6.46. The van der Waals surface area contributed by atoms with Gasteiger partial charge in [-0.15, -0.1) is 10.2 Å². The van der Waals surface area contributed by atoms with Crippen molar-refractivity contribution in [2.24, 2.45) is 0 Å². The minimum Gasteiger partial charge on any atom is -0.425 e. The van der Waals surface area contributed by atoms with Gasteiger partial charge in [-0.3, -0.25) is 0 Å². The van der Waals surface area contributed by atoms with E-state index in [0.717, 1.165) is 44.2 Å². The molecule has 17 heavy (non-hydrogen) atoms. The molecule has 0 radical (unpaired) electrons. The standard InChI is InChI=1S/C12H21N3O2/c1-13-8-7-12-15-14-11(17-12)6-5-10-4-2-3-9-16-10/h10,13H,2-9H2,1H3. The van der Waals surface area contributed by atoms with Gasteiger partial charge in [0.25, 0.3) is 0 Å². The summed E-state index contributed by atoms with van der Waals surface area (Å²) in [6.07, 6.45) is 6.65. The maximum atomic E-state index is 5.67. The summed E-state index contributed by atoms with van der Waals surface area (Å²) in [6.45, 7) is 1.77. The van der Waals surface area contributed by atoms with Gasteiger partial charge >= 0.3 is 0 Å². The van der Waals surface area contributed by atoms with E-state index in [4.69, 9.17) is 9.15 Å². The van der Waals surface area contributed by atoms with Crippen LogP contribution < -0.4 is 5.32 Å². The van der Waals surface area contributed by atoms with E-state index in [2.05, 4.69) is 15.5 Å². The smallest absolute Gasteiger partial charge is 0.217 e. The molecule has 2 rings (SSSR count). The maximum Gasteiger partial charge on any atom is 0.217 e. The summed E-state index contributed by atoms with van der Waals surface area (Å²) in [5.74, 6) is 1.46. The molecular weight excluding hydrogens is 218 g/mol. The number of hydrogen-bond acceptors (Lipinski definition) is 5. The molecule has 1 atom stereocenters. The molecule has 1 N–H and O–H groups in total. The number of aryl methyl sites for hydroxylation is 1. The third-order valence-electron chi connectivity index (χ3n) is 3.05. The topological polar surface area (TPSA) is 60.2 Å². The van der Waals surface area contributed by atoms with E-state index < -0.39 is 0 Å². The highest BCUT2D eigenvalue weighted by Gasteiger charge is 2.15. The molecule has 0 aliphatic carbocycles. The molecule has 1 saturated heterocycles. The molecule has 1 aromatic heterocycles. The van der Waals surface area contributed by atoms with Crippen molar-refractivity contribution in [2.45, 2.75) is 44.6 Å². The van der Waals surface area contributed by atoms with Crippen molar-refractivity contribution in [3.63, 3.8) is 0 Å². The zero-order valence-electron chi connectivity index (χ0n) is 10.4. The summed E-state index contributed by atoms with van der Waals surface area (Å²) in [5.41, 5.74) is 0. The molecule has 96 valence electrons. The van der Waals surface area contributed by atoms with Gasteiger partial charge in [0.15, 0.2) is 0 Å². The van der Waals surface area contributed by atoms with Crippen LogP contribution in [0.5, 0.6) is 0 Å². The Morgan fingerprint density at radius 3 is 2.76 bits per heavy atom. The molecule has 1 fully saturated rings. The number of nitrogens with zero attached hydrogens (tertiary/aromatic N) is 2. The summed E-state index contributed by atoms with van der Waals surface area (Å²) < 4.78 is 11.2. The fraction of sp³-hybridized carbons (Fsp3) is 0.833.